The maximum Gasteiger partial charge on any atom is 0.318 e. The molecule has 0 spiro atoms. The van der Waals surface area contributed by atoms with E-state index in [1.165, 1.54) is 11.8 Å². The molecule has 3 nitrogen and oxygen atoms in total. The van der Waals surface area contributed by atoms with Crippen LogP contribution in [0.2, 0.25) is 0 Å². The largest absolute Gasteiger partial charge is 0.465 e. The summed E-state index contributed by atoms with van der Waals surface area (Å²) in [5.41, 5.74) is 1.79. The fourth-order valence-electron chi connectivity index (χ4n) is 3.64. The molecule has 1 aromatic carbocycles. The molecule has 1 saturated carbocycles. The van der Waals surface area contributed by atoms with E-state index in [0.29, 0.717) is 12.2 Å². The maximum atomic E-state index is 12.8. The zero-order valence-electron chi connectivity index (χ0n) is 15.6. The van der Waals surface area contributed by atoms with E-state index in [2.05, 4.69) is 33.8 Å². The molecule has 1 aromatic heterocycles. The summed E-state index contributed by atoms with van der Waals surface area (Å²) in [6.07, 6.45) is 4.38. The molecule has 132 valence electrons. The van der Waals surface area contributed by atoms with Gasteiger partial charge >= 0.3 is 5.97 Å². The van der Waals surface area contributed by atoms with E-state index in [4.69, 9.17) is 9.15 Å². The van der Waals surface area contributed by atoms with Crippen molar-refractivity contribution in [3.63, 3.8) is 0 Å². The van der Waals surface area contributed by atoms with Crippen molar-refractivity contribution in [1.82, 2.24) is 0 Å². The fourth-order valence-corrected chi connectivity index (χ4v) is 3.64. The highest BCUT2D eigenvalue weighted by atomic mass is 16.5. The van der Waals surface area contributed by atoms with Gasteiger partial charge in [-0.2, -0.15) is 0 Å². The van der Waals surface area contributed by atoms with Crippen LogP contribution in [0.1, 0.15) is 45.9 Å². The van der Waals surface area contributed by atoms with E-state index in [1.54, 1.807) is 6.07 Å². The molecule has 25 heavy (non-hydrogen) atoms. The Hall–Kier alpha value is -2.29. The van der Waals surface area contributed by atoms with Crippen molar-refractivity contribution in [3.05, 3.63) is 65.6 Å². The average molecular weight is 338 g/mol. The lowest BCUT2D eigenvalue weighted by Gasteiger charge is -2.12. The zero-order valence-corrected chi connectivity index (χ0v) is 15.6. The quantitative estimate of drug-likeness (QED) is 0.541. The van der Waals surface area contributed by atoms with Crippen LogP contribution in [0.25, 0.3) is 0 Å². The van der Waals surface area contributed by atoms with Gasteiger partial charge in [-0.15, -0.1) is 0 Å². The summed E-state index contributed by atoms with van der Waals surface area (Å²) in [4.78, 5) is 12.8. The number of allylic oxidation sites excluding steroid dienone is 2. The Labute approximate surface area is 149 Å². The molecule has 2 unspecified atom stereocenters. The second-order valence-electron chi connectivity index (χ2n) is 7.95. The highest BCUT2D eigenvalue weighted by Gasteiger charge is 2.72. The summed E-state index contributed by atoms with van der Waals surface area (Å²) in [5, 5.41) is 0. The lowest BCUT2D eigenvalue weighted by molar-refractivity contribution is -0.141. The number of rotatable bonds is 5. The van der Waals surface area contributed by atoms with Crippen LogP contribution in [0.4, 0.5) is 0 Å². The molecular weight excluding hydrogens is 312 g/mol. The molecule has 0 saturated heterocycles. The van der Waals surface area contributed by atoms with Crippen LogP contribution in [0.3, 0.4) is 0 Å². The number of benzene rings is 1. The van der Waals surface area contributed by atoms with Gasteiger partial charge in [-0.3, -0.25) is 4.79 Å². The van der Waals surface area contributed by atoms with Gasteiger partial charge in [-0.25, -0.2) is 0 Å². The topological polar surface area (TPSA) is 39.4 Å². The summed E-state index contributed by atoms with van der Waals surface area (Å²) in [7, 11) is 0. The molecule has 0 amide bonds. The minimum atomic E-state index is -0.499. The molecule has 1 fully saturated rings. The van der Waals surface area contributed by atoms with E-state index in [9.17, 15) is 4.79 Å². The summed E-state index contributed by atoms with van der Waals surface area (Å²) in [6, 6.07) is 11.9. The number of furan rings is 1. The van der Waals surface area contributed by atoms with Gasteiger partial charge in [0.1, 0.15) is 12.0 Å². The first-order valence-electron chi connectivity index (χ1n) is 8.74. The molecule has 0 N–H and O–H groups in total. The standard InChI is InChI=1S/C22H26O3/c1-15(2)11-19-21(3,4)22(19,5)20(23)25-18-13-17(24-14-18)12-16-9-7-6-8-10-16/h6-11,13-14,19H,12H2,1-5H3. The van der Waals surface area contributed by atoms with E-state index < -0.39 is 5.41 Å². The Balaban J connectivity index is 1.69. The molecule has 3 rings (SSSR count). The van der Waals surface area contributed by atoms with Crippen molar-refractivity contribution in [2.45, 2.75) is 41.0 Å². The maximum absolute atomic E-state index is 12.8. The van der Waals surface area contributed by atoms with Crippen LogP contribution in [0.5, 0.6) is 5.75 Å². The van der Waals surface area contributed by atoms with Gasteiger partial charge in [0.05, 0.1) is 5.41 Å². The normalized spacial score (nSPS) is 23.8. The third-order valence-corrected chi connectivity index (χ3v) is 5.64. The zero-order chi connectivity index (χ0) is 18.2. The molecule has 2 aromatic rings. The van der Waals surface area contributed by atoms with E-state index in [-0.39, 0.29) is 17.3 Å². The molecular formula is C22H26O3. The molecule has 0 radical (unpaired) electrons. The van der Waals surface area contributed by atoms with Gasteiger partial charge < -0.3 is 9.15 Å². The van der Waals surface area contributed by atoms with Crippen LogP contribution in [-0.4, -0.2) is 5.97 Å². The van der Waals surface area contributed by atoms with Crippen molar-refractivity contribution in [2.24, 2.45) is 16.7 Å². The molecule has 1 aliphatic carbocycles. The predicted octanol–water partition coefficient (Wildman–Crippen LogP) is 5.40. The van der Waals surface area contributed by atoms with Gasteiger partial charge in [0.15, 0.2) is 5.75 Å². The summed E-state index contributed by atoms with van der Waals surface area (Å²) < 4.78 is 11.2. The molecule has 1 heterocycles. The van der Waals surface area contributed by atoms with Crippen molar-refractivity contribution in [1.29, 1.82) is 0 Å². The number of carbonyl (C=O) groups is 1. The van der Waals surface area contributed by atoms with Crippen LogP contribution in [-0.2, 0) is 11.2 Å². The highest BCUT2D eigenvalue weighted by Crippen LogP contribution is 2.70. The number of ether oxygens (including phenoxy) is 1. The van der Waals surface area contributed by atoms with Crippen LogP contribution in [0.15, 0.2) is 58.7 Å². The number of carbonyl (C=O) groups excluding carboxylic acids is 1. The van der Waals surface area contributed by atoms with Crippen LogP contribution in [0, 0.1) is 16.7 Å². The first-order chi connectivity index (χ1) is 11.7. The van der Waals surface area contributed by atoms with Crippen LogP contribution >= 0.6 is 0 Å². The molecule has 2 atom stereocenters. The number of hydrogen-bond donors (Lipinski definition) is 0. The Morgan fingerprint density at radius 3 is 2.52 bits per heavy atom. The van der Waals surface area contributed by atoms with Crippen molar-refractivity contribution in [3.8, 4) is 5.75 Å². The van der Waals surface area contributed by atoms with E-state index in [1.807, 2.05) is 37.3 Å². The fraction of sp³-hybridized carbons (Fsp3) is 0.409. The molecule has 3 heteroatoms. The number of hydrogen-bond acceptors (Lipinski definition) is 3. The van der Waals surface area contributed by atoms with E-state index >= 15 is 0 Å². The van der Waals surface area contributed by atoms with Crippen LogP contribution < -0.4 is 4.74 Å². The summed E-state index contributed by atoms with van der Waals surface area (Å²) in [5.74, 6) is 1.28. The third-order valence-electron chi connectivity index (χ3n) is 5.64. The Bertz CT molecular complexity index is 794. The second-order valence-corrected chi connectivity index (χ2v) is 7.95. The Morgan fingerprint density at radius 1 is 1.20 bits per heavy atom. The first-order valence-corrected chi connectivity index (χ1v) is 8.74. The van der Waals surface area contributed by atoms with Gasteiger partial charge in [0, 0.05) is 12.5 Å². The monoisotopic (exact) mass is 338 g/mol. The minimum Gasteiger partial charge on any atom is -0.465 e. The highest BCUT2D eigenvalue weighted by molar-refractivity contribution is 5.84. The molecule has 0 bridgehead atoms. The third kappa shape index (κ3) is 3.15. The minimum absolute atomic E-state index is 0.0992. The number of esters is 1. The molecule has 1 aliphatic rings. The first kappa shape index (κ1) is 17.5. The smallest absolute Gasteiger partial charge is 0.318 e. The lowest BCUT2D eigenvalue weighted by atomic mass is 9.98. The van der Waals surface area contributed by atoms with Gasteiger partial charge in [-0.05, 0) is 37.7 Å². The SMILES string of the molecule is CC(C)=CC1C(C)(C)C1(C)C(=O)Oc1coc(Cc2ccccc2)c1. The van der Waals surface area contributed by atoms with Crippen molar-refractivity contribution < 1.29 is 13.9 Å². The lowest BCUT2D eigenvalue weighted by Crippen LogP contribution is -2.23. The average Bonchev–Trinajstić information content (AvgIpc) is 2.88. The predicted molar refractivity (Wildman–Crippen MR) is 98.4 cm³/mol. The second kappa shape index (κ2) is 6.21. The molecule has 0 aliphatic heterocycles. The Kier molecular flexibility index (Phi) is 4.36. The van der Waals surface area contributed by atoms with Crippen molar-refractivity contribution in [2.75, 3.05) is 0 Å². The summed E-state index contributed by atoms with van der Waals surface area (Å²) in [6.45, 7) is 10.4. The summed E-state index contributed by atoms with van der Waals surface area (Å²) >= 11 is 0. The van der Waals surface area contributed by atoms with E-state index in [0.717, 1.165) is 11.3 Å². The van der Waals surface area contributed by atoms with Gasteiger partial charge in [0.25, 0.3) is 0 Å². The van der Waals surface area contributed by atoms with Gasteiger partial charge in [0.2, 0.25) is 0 Å². The van der Waals surface area contributed by atoms with Crippen molar-refractivity contribution >= 4 is 5.97 Å². The van der Waals surface area contributed by atoms with Gasteiger partial charge in [-0.1, -0.05) is 55.8 Å². The Morgan fingerprint density at radius 2 is 1.88 bits per heavy atom.